The zero-order valence-corrected chi connectivity index (χ0v) is 16.7. The zero-order chi connectivity index (χ0) is 22.0. The van der Waals surface area contributed by atoms with Gasteiger partial charge in [0.15, 0.2) is 11.0 Å². The highest BCUT2D eigenvalue weighted by atomic mass is 35.5. The third-order valence-electron chi connectivity index (χ3n) is 4.16. The largest absolute Gasteiger partial charge is 0.490 e. The van der Waals surface area contributed by atoms with Crippen molar-refractivity contribution in [1.82, 2.24) is 19.7 Å². The number of aromatic amines is 1. The van der Waals surface area contributed by atoms with Gasteiger partial charge in [0.25, 0.3) is 11.8 Å². The van der Waals surface area contributed by atoms with Crippen molar-refractivity contribution in [3.05, 3.63) is 46.4 Å². The highest BCUT2D eigenvalue weighted by molar-refractivity contribution is 6.33. The molecule has 0 saturated heterocycles. The van der Waals surface area contributed by atoms with Gasteiger partial charge < -0.3 is 20.4 Å². The first-order valence-electron chi connectivity index (χ1n) is 8.60. The Bertz CT molecular complexity index is 1110. The molecule has 30 heavy (non-hydrogen) atoms. The van der Waals surface area contributed by atoms with E-state index in [-0.39, 0.29) is 45.8 Å². The lowest BCUT2D eigenvalue weighted by Crippen LogP contribution is -2.16. The van der Waals surface area contributed by atoms with Crippen LogP contribution in [0.1, 0.15) is 26.7 Å². The molecule has 158 valence electrons. The van der Waals surface area contributed by atoms with Crippen molar-refractivity contribution in [3.8, 4) is 17.0 Å². The highest BCUT2D eigenvalue weighted by Crippen LogP contribution is 2.31. The summed E-state index contributed by atoms with van der Waals surface area (Å²) in [5.74, 6) is -2.49. The average molecular weight is 439 g/mol. The molecule has 0 aliphatic carbocycles. The Hall–Kier alpha value is -3.47. The first-order chi connectivity index (χ1) is 14.2. The summed E-state index contributed by atoms with van der Waals surface area (Å²) in [5, 5.41) is 8.90. The number of nitrogens with two attached hydrogens (primary N) is 1. The molecule has 0 spiro atoms. The minimum Gasteiger partial charge on any atom is -0.490 e. The molecule has 0 aliphatic rings. The number of hydrogen-bond donors (Lipinski definition) is 3. The van der Waals surface area contributed by atoms with E-state index < -0.39 is 24.3 Å². The van der Waals surface area contributed by atoms with E-state index in [0.717, 1.165) is 6.07 Å². The topological polar surface area (TPSA) is 128 Å². The average Bonchev–Trinajstić information content (AvgIpc) is 3.23. The van der Waals surface area contributed by atoms with E-state index in [1.54, 1.807) is 6.92 Å². The molecule has 1 aromatic carbocycles. The minimum absolute atomic E-state index is 0.0247. The monoisotopic (exact) mass is 438 g/mol. The molecular weight excluding hydrogens is 422 g/mol. The second-order valence-electron chi connectivity index (χ2n) is 6.26. The highest BCUT2D eigenvalue weighted by Gasteiger charge is 2.22. The number of ether oxygens (including phenoxy) is 1. The van der Waals surface area contributed by atoms with Crippen LogP contribution < -0.4 is 15.8 Å². The van der Waals surface area contributed by atoms with Crippen molar-refractivity contribution in [1.29, 1.82) is 0 Å². The molecule has 12 heteroatoms. The number of benzene rings is 1. The second-order valence-corrected chi connectivity index (χ2v) is 6.62. The number of halogens is 3. The van der Waals surface area contributed by atoms with Gasteiger partial charge in [-0.3, -0.25) is 14.7 Å². The molecule has 0 atom stereocenters. The number of anilines is 1. The van der Waals surface area contributed by atoms with Gasteiger partial charge in [-0.05, 0) is 19.1 Å². The quantitative estimate of drug-likeness (QED) is 0.522. The number of primary amides is 1. The number of carbonyl (C=O) groups is 2. The molecule has 0 radical (unpaired) electrons. The lowest BCUT2D eigenvalue weighted by molar-refractivity contribution is 0.0985. The molecule has 0 bridgehead atoms. The molecule has 2 amide bonds. The van der Waals surface area contributed by atoms with Crippen LogP contribution in [0.4, 0.5) is 14.5 Å². The predicted molar refractivity (Wildman–Crippen MR) is 105 cm³/mol. The smallest absolute Gasteiger partial charge is 0.284 e. The van der Waals surface area contributed by atoms with Crippen LogP contribution in [0.3, 0.4) is 0 Å². The standard InChI is InChI=1S/C18H17ClF2N6O3/c1-8-14(15(19)26-25-8)24-18(29)10-5-11(21)9(6-13(10)30-4-3-20)12-7-27(2)17(23-12)16(22)28/h5-7H,3-4H2,1-2H3,(H2,22,28)(H,24,29)(H,25,26). The predicted octanol–water partition coefficient (Wildman–Crippen LogP) is 2.61. The molecule has 0 unspecified atom stereocenters. The van der Waals surface area contributed by atoms with Crippen molar-refractivity contribution in [2.24, 2.45) is 12.8 Å². The Morgan fingerprint density at radius 1 is 1.40 bits per heavy atom. The number of rotatable bonds is 7. The molecular formula is C18H17ClF2N6O3. The lowest BCUT2D eigenvalue weighted by Gasteiger charge is -2.13. The SMILES string of the molecule is Cc1[nH]nc(Cl)c1NC(=O)c1cc(F)c(-c2cn(C)c(C(N)=O)n2)cc1OCCF. The van der Waals surface area contributed by atoms with Gasteiger partial charge >= 0.3 is 0 Å². The number of carbonyl (C=O) groups excluding carboxylic acids is 2. The van der Waals surface area contributed by atoms with Gasteiger partial charge in [-0.15, -0.1) is 0 Å². The fourth-order valence-corrected chi connectivity index (χ4v) is 2.98. The number of amides is 2. The van der Waals surface area contributed by atoms with Crippen molar-refractivity contribution >= 4 is 29.1 Å². The van der Waals surface area contributed by atoms with Crippen LogP contribution in [0.25, 0.3) is 11.3 Å². The van der Waals surface area contributed by atoms with Gasteiger partial charge in [-0.1, -0.05) is 11.6 Å². The molecule has 3 aromatic rings. The van der Waals surface area contributed by atoms with Gasteiger partial charge in [0, 0.05) is 18.8 Å². The van der Waals surface area contributed by atoms with Crippen LogP contribution >= 0.6 is 11.6 Å². The van der Waals surface area contributed by atoms with Crippen molar-refractivity contribution in [2.75, 3.05) is 18.6 Å². The molecule has 2 heterocycles. The van der Waals surface area contributed by atoms with E-state index >= 15 is 0 Å². The van der Waals surface area contributed by atoms with Crippen LogP contribution in [0.5, 0.6) is 5.75 Å². The Morgan fingerprint density at radius 3 is 2.70 bits per heavy atom. The van der Waals surface area contributed by atoms with E-state index in [2.05, 4.69) is 20.5 Å². The van der Waals surface area contributed by atoms with Crippen LogP contribution in [0, 0.1) is 12.7 Å². The number of H-pyrrole nitrogens is 1. The molecule has 4 N–H and O–H groups in total. The Balaban J connectivity index is 2.04. The second kappa shape index (κ2) is 8.49. The van der Waals surface area contributed by atoms with Crippen molar-refractivity contribution in [2.45, 2.75) is 6.92 Å². The van der Waals surface area contributed by atoms with Crippen molar-refractivity contribution < 1.29 is 23.1 Å². The first kappa shape index (κ1) is 21.2. The molecule has 2 aromatic heterocycles. The fourth-order valence-electron chi connectivity index (χ4n) is 2.75. The summed E-state index contributed by atoms with van der Waals surface area (Å²) in [4.78, 5) is 28.1. The fraction of sp³-hybridized carbons (Fsp3) is 0.222. The maximum atomic E-state index is 14.9. The van der Waals surface area contributed by atoms with Crippen molar-refractivity contribution in [3.63, 3.8) is 0 Å². The Labute approximate surface area is 174 Å². The lowest BCUT2D eigenvalue weighted by atomic mass is 10.1. The zero-order valence-electron chi connectivity index (χ0n) is 15.9. The summed E-state index contributed by atoms with van der Waals surface area (Å²) >= 11 is 5.92. The van der Waals surface area contributed by atoms with Gasteiger partial charge in [-0.2, -0.15) is 5.10 Å². The van der Waals surface area contributed by atoms with E-state index in [0.29, 0.717) is 5.69 Å². The maximum Gasteiger partial charge on any atom is 0.284 e. The maximum absolute atomic E-state index is 14.9. The molecule has 0 aliphatic heterocycles. The van der Waals surface area contributed by atoms with Gasteiger partial charge in [-0.25, -0.2) is 13.8 Å². The van der Waals surface area contributed by atoms with Crippen LogP contribution in [0.15, 0.2) is 18.3 Å². The van der Waals surface area contributed by atoms with Crippen LogP contribution in [0.2, 0.25) is 5.15 Å². The summed E-state index contributed by atoms with van der Waals surface area (Å²) in [6, 6.07) is 2.14. The summed E-state index contributed by atoms with van der Waals surface area (Å²) < 4.78 is 34.2. The van der Waals surface area contributed by atoms with Crippen LogP contribution in [-0.2, 0) is 7.05 Å². The summed E-state index contributed by atoms with van der Waals surface area (Å²) in [5.41, 5.74) is 5.80. The molecule has 9 nitrogen and oxygen atoms in total. The van der Waals surface area contributed by atoms with Gasteiger partial charge in [0.2, 0.25) is 0 Å². The normalized spacial score (nSPS) is 10.8. The Kier molecular flexibility index (Phi) is 6.01. The van der Waals surface area contributed by atoms with E-state index in [9.17, 15) is 18.4 Å². The van der Waals surface area contributed by atoms with Crippen LogP contribution in [-0.4, -0.2) is 44.8 Å². The summed E-state index contributed by atoms with van der Waals surface area (Å²) in [7, 11) is 1.52. The number of nitrogens with one attached hydrogen (secondary N) is 2. The number of alkyl halides is 1. The van der Waals surface area contributed by atoms with Gasteiger partial charge in [0.05, 0.1) is 17.0 Å². The molecule has 3 rings (SSSR count). The minimum atomic E-state index is -0.824. The number of nitrogens with zero attached hydrogens (tertiary/aromatic N) is 3. The van der Waals surface area contributed by atoms with E-state index in [1.165, 1.54) is 23.9 Å². The molecule has 0 fully saturated rings. The summed E-state index contributed by atoms with van der Waals surface area (Å²) in [6.07, 6.45) is 1.39. The van der Waals surface area contributed by atoms with E-state index in [4.69, 9.17) is 22.1 Å². The number of aromatic nitrogens is 4. The van der Waals surface area contributed by atoms with Gasteiger partial charge in [0.1, 0.15) is 30.5 Å². The van der Waals surface area contributed by atoms with E-state index in [1.807, 2.05) is 0 Å². The number of imidazole rings is 1. The Morgan fingerprint density at radius 2 is 2.13 bits per heavy atom. The summed E-state index contributed by atoms with van der Waals surface area (Å²) in [6.45, 7) is 0.456. The third kappa shape index (κ3) is 4.10. The number of aryl methyl sites for hydroxylation is 2. The molecule has 0 saturated carbocycles. The number of hydrogen-bond acceptors (Lipinski definition) is 5. The first-order valence-corrected chi connectivity index (χ1v) is 8.98. The third-order valence-corrected chi connectivity index (χ3v) is 4.44.